The Hall–Kier alpha value is -2.70. The van der Waals surface area contributed by atoms with E-state index in [1.54, 1.807) is 19.2 Å². The molecule has 1 saturated carbocycles. The molecule has 1 fully saturated rings. The van der Waals surface area contributed by atoms with Crippen molar-refractivity contribution >= 4 is 17.3 Å². The molecule has 4 rings (SSSR count). The van der Waals surface area contributed by atoms with E-state index in [2.05, 4.69) is 10.6 Å². The first kappa shape index (κ1) is 18.7. The predicted molar refractivity (Wildman–Crippen MR) is 101 cm³/mol. The summed E-state index contributed by atoms with van der Waals surface area (Å²) in [5.74, 6) is 0.977. The summed E-state index contributed by atoms with van der Waals surface area (Å²) in [5.41, 5.74) is 2.98. The summed E-state index contributed by atoms with van der Waals surface area (Å²) in [6.45, 7) is 0. The van der Waals surface area contributed by atoms with Gasteiger partial charge in [-0.3, -0.25) is 4.79 Å². The highest BCUT2D eigenvalue weighted by Gasteiger charge is 2.33. The van der Waals surface area contributed by atoms with Crippen molar-refractivity contribution < 1.29 is 22.7 Å². The molecule has 0 saturated heterocycles. The van der Waals surface area contributed by atoms with Crippen LogP contribution in [0.25, 0.3) is 0 Å². The van der Waals surface area contributed by atoms with E-state index in [1.165, 1.54) is 0 Å². The van der Waals surface area contributed by atoms with Crippen LogP contribution in [0.5, 0.6) is 5.75 Å². The summed E-state index contributed by atoms with van der Waals surface area (Å²) in [6.07, 6.45) is -1.48. The number of hydrogen-bond acceptors (Lipinski definition) is 3. The largest absolute Gasteiger partial charge is 0.495 e. The minimum atomic E-state index is -4.30. The Morgan fingerprint density at radius 2 is 1.82 bits per heavy atom. The normalized spacial score (nSPS) is 21.4. The fourth-order valence-corrected chi connectivity index (χ4v) is 3.86. The molecule has 4 nitrogen and oxygen atoms in total. The summed E-state index contributed by atoms with van der Waals surface area (Å²) >= 11 is 0. The summed E-state index contributed by atoms with van der Waals surface area (Å²) < 4.78 is 43.5. The van der Waals surface area contributed by atoms with E-state index in [0.29, 0.717) is 12.8 Å². The van der Waals surface area contributed by atoms with Crippen molar-refractivity contribution in [3.05, 3.63) is 53.1 Å². The quantitative estimate of drug-likeness (QED) is 0.776. The zero-order valence-electron chi connectivity index (χ0n) is 15.4. The fraction of sp³-hybridized carbons (Fsp3) is 0.381. The topological polar surface area (TPSA) is 50.4 Å². The Labute approximate surface area is 161 Å². The third-order valence-electron chi connectivity index (χ3n) is 5.53. The van der Waals surface area contributed by atoms with Gasteiger partial charge in [0.05, 0.1) is 18.4 Å². The molecule has 0 radical (unpaired) electrons. The Balaban J connectivity index is 1.42. The molecule has 1 amide bonds. The Morgan fingerprint density at radius 1 is 1.11 bits per heavy atom. The van der Waals surface area contributed by atoms with Crippen LogP contribution in [0.2, 0.25) is 0 Å². The van der Waals surface area contributed by atoms with Gasteiger partial charge in [-0.05, 0) is 60.6 Å². The maximum atomic E-state index is 12.7. The van der Waals surface area contributed by atoms with Gasteiger partial charge in [-0.1, -0.05) is 12.1 Å². The van der Waals surface area contributed by atoms with Gasteiger partial charge in [-0.2, -0.15) is 13.2 Å². The number of carbonyl (C=O) groups is 1. The van der Waals surface area contributed by atoms with Gasteiger partial charge >= 0.3 is 6.18 Å². The maximum absolute atomic E-state index is 12.7. The molecule has 0 bridgehead atoms. The molecule has 1 heterocycles. The molecule has 0 spiro atoms. The molecule has 2 aromatic rings. The van der Waals surface area contributed by atoms with E-state index < -0.39 is 11.7 Å². The summed E-state index contributed by atoms with van der Waals surface area (Å²) in [7, 11) is 1.61. The molecular weight excluding hydrogens is 369 g/mol. The molecular formula is C21H21F3N2O2. The van der Waals surface area contributed by atoms with Crippen molar-refractivity contribution in [2.45, 2.75) is 43.8 Å². The number of aryl methyl sites for hydroxylation is 1. The number of halogens is 3. The molecule has 1 aliphatic heterocycles. The molecule has 2 aliphatic rings. The smallest absolute Gasteiger partial charge is 0.416 e. The lowest BCUT2D eigenvalue weighted by Crippen LogP contribution is -2.34. The van der Waals surface area contributed by atoms with Crippen LogP contribution < -0.4 is 15.4 Å². The third kappa shape index (κ3) is 3.66. The van der Waals surface area contributed by atoms with E-state index in [1.807, 2.05) is 12.1 Å². The zero-order chi connectivity index (χ0) is 19.9. The number of rotatable bonds is 4. The van der Waals surface area contributed by atoms with Gasteiger partial charge in [0.1, 0.15) is 5.75 Å². The molecule has 0 atom stereocenters. The SMILES string of the molecule is COc1cc2c(cc1NC1CC(c3ccc(C(F)(F)F)cc3)C1)NC(=O)CC2. The molecule has 2 N–H and O–H groups in total. The first-order chi connectivity index (χ1) is 13.3. The van der Waals surface area contributed by atoms with Gasteiger partial charge in [-0.25, -0.2) is 0 Å². The minimum Gasteiger partial charge on any atom is -0.495 e. The van der Waals surface area contributed by atoms with Crippen molar-refractivity contribution in [1.29, 1.82) is 0 Å². The summed E-state index contributed by atoms with van der Waals surface area (Å²) in [6, 6.07) is 9.48. The van der Waals surface area contributed by atoms with Crippen molar-refractivity contribution in [2.24, 2.45) is 0 Å². The van der Waals surface area contributed by atoms with Crippen LogP contribution in [0.1, 0.15) is 41.9 Å². The van der Waals surface area contributed by atoms with Crippen molar-refractivity contribution in [3.63, 3.8) is 0 Å². The number of methoxy groups -OCH3 is 1. The number of fused-ring (bicyclic) bond motifs is 1. The fourth-order valence-electron chi connectivity index (χ4n) is 3.86. The molecule has 28 heavy (non-hydrogen) atoms. The van der Waals surface area contributed by atoms with E-state index in [4.69, 9.17) is 4.74 Å². The van der Waals surface area contributed by atoms with Gasteiger partial charge in [0, 0.05) is 18.2 Å². The van der Waals surface area contributed by atoms with Gasteiger partial charge in [0.2, 0.25) is 5.91 Å². The lowest BCUT2D eigenvalue weighted by molar-refractivity contribution is -0.137. The van der Waals surface area contributed by atoms with Crippen LogP contribution in [-0.2, 0) is 17.4 Å². The number of anilines is 2. The van der Waals surface area contributed by atoms with Crippen LogP contribution in [-0.4, -0.2) is 19.1 Å². The monoisotopic (exact) mass is 390 g/mol. The third-order valence-corrected chi connectivity index (χ3v) is 5.53. The van der Waals surface area contributed by atoms with E-state index in [9.17, 15) is 18.0 Å². The number of benzene rings is 2. The van der Waals surface area contributed by atoms with Crippen LogP contribution in [0.3, 0.4) is 0 Å². The van der Waals surface area contributed by atoms with Crippen LogP contribution >= 0.6 is 0 Å². The number of hydrogen-bond donors (Lipinski definition) is 2. The van der Waals surface area contributed by atoms with E-state index in [0.717, 1.165) is 53.2 Å². The molecule has 0 unspecified atom stereocenters. The van der Waals surface area contributed by atoms with Crippen molar-refractivity contribution in [1.82, 2.24) is 0 Å². The second kappa shape index (κ2) is 7.04. The lowest BCUT2D eigenvalue weighted by atomic mass is 9.75. The number of ether oxygens (including phenoxy) is 1. The lowest BCUT2D eigenvalue weighted by Gasteiger charge is -2.37. The first-order valence-electron chi connectivity index (χ1n) is 9.28. The van der Waals surface area contributed by atoms with Gasteiger partial charge in [-0.15, -0.1) is 0 Å². The number of carbonyl (C=O) groups excluding carboxylic acids is 1. The second-order valence-electron chi connectivity index (χ2n) is 7.39. The van der Waals surface area contributed by atoms with Crippen LogP contribution in [0.4, 0.5) is 24.5 Å². The van der Waals surface area contributed by atoms with Crippen LogP contribution in [0, 0.1) is 0 Å². The average molecular weight is 390 g/mol. The Bertz CT molecular complexity index is 888. The highest BCUT2D eigenvalue weighted by molar-refractivity contribution is 5.95. The molecule has 0 aromatic heterocycles. The Kier molecular flexibility index (Phi) is 4.69. The molecule has 148 valence electrons. The number of amides is 1. The summed E-state index contributed by atoms with van der Waals surface area (Å²) in [4.78, 5) is 11.6. The van der Waals surface area contributed by atoms with E-state index in [-0.39, 0.29) is 17.9 Å². The van der Waals surface area contributed by atoms with Crippen molar-refractivity contribution in [2.75, 3.05) is 17.7 Å². The maximum Gasteiger partial charge on any atom is 0.416 e. The van der Waals surface area contributed by atoms with Gasteiger partial charge < -0.3 is 15.4 Å². The molecule has 7 heteroatoms. The van der Waals surface area contributed by atoms with Crippen molar-refractivity contribution in [3.8, 4) is 5.75 Å². The first-order valence-corrected chi connectivity index (χ1v) is 9.28. The second-order valence-corrected chi connectivity index (χ2v) is 7.39. The van der Waals surface area contributed by atoms with Gasteiger partial charge in [0.25, 0.3) is 0 Å². The Morgan fingerprint density at radius 3 is 2.46 bits per heavy atom. The zero-order valence-corrected chi connectivity index (χ0v) is 15.4. The van der Waals surface area contributed by atoms with E-state index >= 15 is 0 Å². The number of nitrogens with one attached hydrogen (secondary N) is 2. The average Bonchev–Trinajstić information content (AvgIpc) is 2.63. The molecule has 2 aromatic carbocycles. The predicted octanol–water partition coefficient (Wildman–Crippen LogP) is 4.96. The minimum absolute atomic E-state index is 0.00892. The summed E-state index contributed by atoms with van der Waals surface area (Å²) in [5, 5.41) is 6.33. The number of alkyl halides is 3. The molecule has 1 aliphatic carbocycles. The highest BCUT2D eigenvalue weighted by atomic mass is 19.4. The van der Waals surface area contributed by atoms with Crippen LogP contribution in [0.15, 0.2) is 36.4 Å². The standard InChI is InChI=1S/C21H21F3N2O2/c1-28-19-10-13-4-7-20(27)26-17(13)11-18(19)25-16-8-14(9-16)12-2-5-15(6-3-12)21(22,23)24/h2-3,5-6,10-11,14,16,25H,4,7-9H2,1H3,(H,26,27). The van der Waals surface area contributed by atoms with Gasteiger partial charge in [0.15, 0.2) is 0 Å². The highest BCUT2D eigenvalue weighted by Crippen LogP contribution is 2.42.